The molecule has 0 aliphatic rings. The molecule has 0 saturated heterocycles. The third kappa shape index (κ3) is 3.30. The Kier molecular flexibility index (Phi) is 4.48. The smallest absolute Gasteiger partial charge is 0.136 e. The van der Waals surface area contributed by atoms with Crippen molar-refractivity contribution >= 4 is 11.8 Å². The highest BCUT2D eigenvalue weighted by Gasteiger charge is 2.05. The zero-order chi connectivity index (χ0) is 13.7. The molecular weight excluding hydrogens is 254 g/mol. The van der Waals surface area contributed by atoms with E-state index < -0.39 is 0 Å². The molecule has 0 spiro atoms. The van der Waals surface area contributed by atoms with Crippen LogP contribution in [-0.2, 0) is 6.42 Å². The molecular formula is C16H15NOS. The Morgan fingerprint density at radius 2 is 1.79 bits per heavy atom. The first kappa shape index (κ1) is 13.5. The van der Waals surface area contributed by atoms with Gasteiger partial charge in [-0.25, -0.2) is 0 Å². The van der Waals surface area contributed by atoms with Gasteiger partial charge >= 0.3 is 0 Å². The number of methoxy groups -OCH3 is 1. The minimum absolute atomic E-state index is 0.567. The third-order valence-electron chi connectivity index (χ3n) is 2.86. The van der Waals surface area contributed by atoms with Gasteiger partial charge in [0.2, 0.25) is 0 Å². The van der Waals surface area contributed by atoms with Crippen LogP contribution in [0.1, 0.15) is 18.1 Å². The van der Waals surface area contributed by atoms with E-state index in [1.165, 1.54) is 10.5 Å². The molecule has 3 heteroatoms. The number of nitrogens with zero attached hydrogens (tertiary/aromatic N) is 1. The molecule has 2 aromatic carbocycles. The van der Waals surface area contributed by atoms with Gasteiger partial charge in [-0.15, -0.1) is 0 Å². The molecule has 0 bridgehead atoms. The van der Waals surface area contributed by atoms with Crippen LogP contribution in [-0.4, -0.2) is 7.11 Å². The average Bonchev–Trinajstić information content (AvgIpc) is 2.48. The van der Waals surface area contributed by atoms with Gasteiger partial charge in [0.15, 0.2) is 0 Å². The average molecular weight is 269 g/mol. The van der Waals surface area contributed by atoms with Crippen LogP contribution in [0.25, 0.3) is 0 Å². The van der Waals surface area contributed by atoms with Crippen molar-refractivity contribution in [2.75, 3.05) is 7.11 Å². The van der Waals surface area contributed by atoms with E-state index in [9.17, 15) is 0 Å². The molecule has 0 heterocycles. The normalized spacial score (nSPS) is 9.95. The van der Waals surface area contributed by atoms with Gasteiger partial charge in [-0.2, -0.15) is 5.26 Å². The van der Waals surface area contributed by atoms with Crippen LogP contribution in [0, 0.1) is 11.3 Å². The Labute approximate surface area is 118 Å². The van der Waals surface area contributed by atoms with Gasteiger partial charge in [-0.05, 0) is 42.3 Å². The Morgan fingerprint density at radius 1 is 1.11 bits per heavy atom. The second-order valence-corrected chi connectivity index (χ2v) is 5.22. The lowest BCUT2D eigenvalue weighted by atomic mass is 10.2. The van der Waals surface area contributed by atoms with Crippen molar-refractivity contribution in [1.29, 1.82) is 5.26 Å². The second kappa shape index (κ2) is 6.31. The first-order valence-electron chi connectivity index (χ1n) is 6.11. The van der Waals surface area contributed by atoms with Gasteiger partial charge in [-0.1, -0.05) is 30.8 Å². The molecule has 0 unspecified atom stereocenters. The SMILES string of the molecule is CCc1ccc(Sc2ccc(OC)c(C#N)c2)cc1. The van der Waals surface area contributed by atoms with Crippen LogP contribution in [0.4, 0.5) is 0 Å². The quantitative estimate of drug-likeness (QED) is 0.830. The zero-order valence-corrected chi connectivity index (χ0v) is 11.8. The van der Waals surface area contributed by atoms with Crippen LogP contribution in [0.3, 0.4) is 0 Å². The largest absolute Gasteiger partial charge is 0.495 e. The molecule has 0 atom stereocenters. The summed E-state index contributed by atoms with van der Waals surface area (Å²) < 4.78 is 5.14. The summed E-state index contributed by atoms with van der Waals surface area (Å²) in [6.07, 6.45) is 1.05. The zero-order valence-electron chi connectivity index (χ0n) is 11.0. The van der Waals surface area contributed by atoms with Crippen molar-refractivity contribution in [2.24, 2.45) is 0 Å². The van der Waals surface area contributed by atoms with Crippen molar-refractivity contribution in [2.45, 2.75) is 23.1 Å². The molecule has 19 heavy (non-hydrogen) atoms. The van der Waals surface area contributed by atoms with E-state index >= 15 is 0 Å². The molecule has 0 aliphatic carbocycles. The van der Waals surface area contributed by atoms with Gasteiger partial charge in [0, 0.05) is 9.79 Å². The lowest BCUT2D eigenvalue weighted by Gasteiger charge is -2.06. The van der Waals surface area contributed by atoms with Crippen LogP contribution in [0.2, 0.25) is 0 Å². The van der Waals surface area contributed by atoms with E-state index in [1.807, 2.05) is 18.2 Å². The van der Waals surface area contributed by atoms with Crippen LogP contribution in [0.15, 0.2) is 52.3 Å². The first-order chi connectivity index (χ1) is 9.26. The summed E-state index contributed by atoms with van der Waals surface area (Å²) >= 11 is 1.65. The molecule has 0 radical (unpaired) electrons. The maximum absolute atomic E-state index is 9.07. The summed E-state index contributed by atoms with van der Waals surface area (Å²) in [5.74, 6) is 0.619. The number of nitriles is 1. The highest BCUT2D eigenvalue weighted by atomic mass is 32.2. The summed E-state index contributed by atoms with van der Waals surface area (Å²) in [5, 5.41) is 9.07. The van der Waals surface area contributed by atoms with E-state index in [0.29, 0.717) is 11.3 Å². The highest BCUT2D eigenvalue weighted by molar-refractivity contribution is 7.99. The number of aryl methyl sites for hydroxylation is 1. The van der Waals surface area contributed by atoms with Crippen LogP contribution >= 0.6 is 11.8 Å². The van der Waals surface area contributed by atoms with Crippen molar-refractivity contribution in [3.05, 3.63) is 53.6 Å². The Balaban J connectivity index is 2.21. The number of benzene rings is 2. The highest BCUT2D eigenvalue weighted by Crippen LogP contribution is 2.31. The predicted octanol–water partition coefficient (Wildman–Crippen LogP) is 4.28. The fourth-order valence-corrected chi connectivity index (χ4v) is 2.62. The van der Waals surface area contributed by atoms with Crippen LogP contribution in [0.5, 0.6) is 5.75 Å². The lowest BCUT2D eigenvalue weighted by Crippen LogP contribution is -1.88. The molecule has 0 aromatic heterocycles. The van der Waals surface area contributed by atoms with E-state index in [2.05, 4.69) is 37.3 Å². The standard InChI is InChI=1S/C16H15NOS/c1-3-12-4-6-14(7-5-12)19-15-8-9-16(18-2)13(10-15)11-17/h4-10H,3H2,1-2H3. The summed E-state index contributed by atoms with van der Waals surface area (Å²) in [6, 6.07) is 16.3. The molecule has 96 valence electrons. The van der Waals surface area contributed by atoms with Gasteiger partial charge < -0.3 is 4.74 Å². The monoisotopic (exact) mass is 269 g/mol. The molecule has 0 amide bonds. The number of ether oxygens (including phenoxy) is 1. The lowest BCUT2D eigenvalue weighted by molar-refractivity contribution is 0.413. The molecule has 0 aliphatic heterocycles. The summed E-state index contributed by atoms with van der Waals surface area (Å²) in [7, 11) is 1.58. The maximum atomic E-state index is 9.07. The number of hydrogen-bond donors (Lipinski definition) is 0. The van der Waals surface area contributed by atoms with Crippen molar-refractivity contribution in [1.82, 2.24) is 0 Å². The van der Waals surface area contributed by atoms with Gasteiger partial charge in [0.25, 0.3) is 0 Å². The first-order valence-corrected chi connectivity index (χ1v) is 6.93. The van der Waals surface area contributed by atoms with Crippen molar-refractivity contribution in [3.63, 3.8) is 0 Å². The van der Waals surface area contributed by atoms with E-state index in [4.69, 9.17) is 10.00 Å². The molecule has 2 aromatic rings. The summed E-state index contributed by atoms with van der Waals surface area (Å²) in [4.78, 5) is 2.22. The third-order valence-corrected chi connectivity index (χ3v) is 3.86. The number of hydrogen-bond acceptors (Lipinski definition) is 3. The van der Waals surface area contributed by atoms with E-state index in [0.717, 1.165) is 11.3 Å². The molecule has 0 fully saturated rings. The molecule has 0 saturated carbocycles. The van der Waals surface area contributed by atoms with Crippen LogP contribution < -0.4 is 4.74 Å². The Hall–Kier alpha value is -1.92. The Morgan fingerprint density at radius 3 is 2.37 bits per heavy atom. The minimum Gasteiger partial charge on any atom is -0.495 e. The minimum atomic E-state index is 0.567. The van der Waals surface area contributed by atoms with E-state index in [-0.39, 0.29) is 0 Å². The van der Waals surface area contributed by atoms with Gasteiger partial charge in [-0.3, -0.25) is 0 Å². The summed E-state index contributed by atoms with van der Waals surface area (Å²) in [6.45, 7) is 2.14. The van der Waals surface area contributed by atoms with Crippen molar-refractivity contribution < 1.29 is 4.74 Å². The van der Waals surface area contributed by atoms with Gasteiger partial charge in [0.1, 0.15) is 11.8 Å². The predicted molar refractivity (Wildman–Crippen MR) is 77.7 cm³/mol. The number of rotatable bonds is 4. The fraction of sp³-hybridized carbons (Fsp3) is 0.188. The van der Waals surface area contributed by atoms with Crippen molar-refractivity contribution in [3.8, 4) is 11.8 Å². The van der Waals surface area contributed by atoms with Gasteiger partial charge in [0.05, 0.1) is 12.7 Å². The maximum Gasteiger partial charge on any atom is 0.136 e. The molecule has 2 nitrogen and oxygen atoms in total. The second-order valence-electron chi connectivity index (χ2n) is 4.07. The topological polar surface area (TPSA) is 33.0 Å². The molecule has 0 N–H and O–H groups in total. The Bertz CT molecular complexity index is 599. The summed E-state index contributed by atoms with van der Waals surface area (Å²) in [5.41, 5.74) is 1.90. The van der Waals surface area contributed by atoms with E-state index in [1.54, 1.807) is 18.9 Å². The fourth-order valence-electron chi connectivity index (χ4n) is 1.77. The molecule has 2 rings (SSSR count).